The summed E-state index contributed by atoms with van der Waals surface area (Å²) in [5.74, 6) is 0.623. The summed E-state index contributed by atoms with van der Waals surface area (Å²) in [6.45, 7) is 2.16. The van der Waals surface area contributed by atoms with Crippen LogP contribution < -0.4 is 11.0 Å². The molecule has 19 heavy (non-hydrogen) atoms. The van der Waals surface area contributed by atoms with Crippen molar-refractivity contribution in [3.63, 3.8) is 0 Å². The van der Waals surface area contributed by atoms with Crippen molar-refractivity contribution in [2.24, 2.45) is 5.92 Å². The molecule has 1 aliphatic rings. The minimum Gasteiger partial charge on any atom is -0.316 e. The molecule has 5 heteroatoms. The molecule has 0 spiro atoms. The molecule has 2 heterocycles. The van der Waals surface area contributed by atoms with Crippen molar-refractivity contribution in [1.29, 1.82) is 0 Å². The highest BCUT2D eigenvalue weighted by molar-refractivity contribution is 5.75. The van der Waals surface area contributed by atoms with E-state index >= 15 is 0 Å². The largest absolute Gasteiger partial charge is 0.323 e. The highest BCUT2D eigenvalue weighted by atomic mass is 16.1. The Labute approximate surface area is 112 Å². The number of aromatic amines is 2. The summed E-state index contributed by atoms with van der Waals surface area (Å²) < 4.78 is 0. The summed E-state index contributed by atoms with van der Waals surface area (Å²) in [5, 5.41) is 3.43. The van der Waals surface area contributed by atoms with E-state index in [4.69, 9.17) is 0 Å². The number of H-pyrrole nitrogens is 2. The van der Waals surface area contributed by atoms with E-state index in [1.807, 2.05) is 6.07 Å². The molecule has 3 rings (SSSR count). The number of aromatic nitrogens is 2. The molecule has 0 aliphatic carbocycles. The second-order valence-electron chi connectivity index (χ2n) is 5.55. The van der Waals surface area contributed by atoms with Gasteiger partial charge in [-0.1, -0.05) is 6.07 Å². The minimum absolute atomic E-state index is 0.143. The predicted molar refractivity (Wildman–Crippen MR) is 76.3 cm³/mol. The molecule has 5 nitrogen and oxygen atoms in total. The summed E-state index contributed by atoms with van der Waals surface area (Å²) in [6, 6.07) is 6.59. The van der Waals surface area contributed by atoms with Crippen molar-refractivity contribution < 1.29 is 0 Å². The zero-order valence-electron chi connectivity index (χ0n) is 11.4. The average Bonchev–Trinajstić information content (AvgIpc) is 2.96. The lowest BCUT2D eigenvalue weighted by molar-refractivity contribution is 0.223. The molecule has 1 aromatic heterocycles. The Morgan fingerprint density at radius 3 is 2.74 bits per heavy atom. The summed E-state index contributed by atoms with van der Waals surface area (Å²) in [6.07, 6.45) is 1.20. The van der Waals surface area contributed by atoms with Crippen molar-refractivity contribution in [2.45, 2.75) is 12.5 Å². The van der Waals surface area contributed by atoms with Crippen molar-refractivity contribution >= 4 is 11.0 Å². The third-order valence-corrected chi connectivity index (χ3v) is 3.98. The van der Waals surface area contributed by atoms with Crippen molar-refractivity contribution in [2.75, 3.05) is 27.2 Å². The lowest BCUT2D eigenvalue weighted by Gasteiger charge is -2.30. The molecule has 0 amide bonds. The van der Waals surface area contributed by atoms with Gasteiger partial charge in [0, 0.05) is 6.04 Å². The summed E-state index contributed by atoms with van der Waals surface area (Å²) >= 11 is 0. The van der Waals surface area contributed by atoms with Gasteiger partial charge in [0.15, 0.2) is 0 Å². The molecule has 0 bridgehead atoms. The Bertz CT molecular complexity index is 622. The molecule has 0 radical (unpaired) electrons. The van der Waals surface area contributed by atoms with E-state index in [1.54, 1.807) is 0 Å². The molecule has 1 aliphatic heterocycles. The van der Waals surface area contributed by atoms with Gasteiger partial charge in [-0.2, -0.15) is 0 Å². The van der Waals surface area contributed by atoms with Gasteiger partial charge in [-0.3, -0.25) is 0 Å². The van der Waals surface area contributed by atoms with Crippen LogP contribution in [-0.2, 0) is 0 Å². The Morgan fingerprint density at radius 1 is 1.26 bits per heavy atom. The maximum atomic E-state index is 11.3. The quantitative estimate of drug-likeness (QED) is 0.773. The maximum Gasteiger partial charge on any atom is 0.323 e. The SMILES string of the molecule is CN(C)C(c1ccc2[nH]c(=O)[nH]c2c1)C1CCNC1. The van der Waals surface area contributed by atoms with Crippen molar-refractivity contribution in [1.82, 2.24) is 20.2 Å². The van der Waals surface area contributed by atoms with Crippen molar-refractivity contribution in [3.8, 4) is 0 Å². The van der Waals surface area contributed by atoms with Crippen LogP contribution in [0.1, 0.15) is 18.0 Å². The fourth-order valence-corrected chi connectivity index (χ4v) is 3.17. The molecular weight excluding hydrogens is 240 g/mol. The maximum absolute atomic E-state index is 11.3. The van der Waals surface area contributed by atoms with Gasteiger partial charge >= 0.3 is 5.69 Å². The predicted octanol–water partition coefficient (Wildman–Crippen LogP) is 1.07. The summed E-state index contributed by atoms with van der Waals surface area (Å²) in [7, 11) is 4.24. The molecule has 102 valence electrons. The van der Waals surface area contributed by atoms with Crippen LogP contribution in [0.2, 0.25) is 0 Å². The topological polar surface area (TPSA) is 63.9 Å². The van der Waals surface area contributed by atoms with Crippen molar-refractivity contribution in [3.05, 3.63) is 34.2 Å². The highest BCUT2D eigenvalue weighted by Crippen LogP contribution is 2.31. The fourth-order valence-electron chi connectivity index (χ4n) is 3.17. The van der Waals surface area contributed by atoms with Crippen LogP contribution in [0, 0.1) is 5.92 Å². The van der Waals surface area contributed by atoms with Crippen LogP contribution in [0.25, 0.3) is 11.0 Å². The van der Waals surface area contributed by atoms with E-state index in [9.17, 15) is 4.79 Å². The van der Waals surface area contributed by atoms with Gasteiger partial charge in [-0.05, 0) is 57.2 Å². The third kappa shape index (κ3) is 2.31. The van der Waals surface area contributed by atoms with Crippen LogP contribution in [0.15, 0.2) is 23.0 Å². The summed E-state index contributed by atoms with van der Waals surface area (Å²) in [5.41, 5.74) is 2.88. The van der Waals surface area contributed by atoms with E-state index in [0.29, 0.717) is 12.0 Å². The second kappa shape index (κ2) is 4.83. The number of rotatable bonds is 3. The molecular formula is C14H20N4O. The molecule has 0 saturated carbocycles. The Kier molecular flexibility index (Phi) is 3.16. The van der Waals surface area contributed by atoms with Crippen LogP contribution in [0.3, 0.4) is 0 Å². The highest BCUT2D eigenvalue weighted by Gasteiger charge is 2.28. The Morgan fingerprint density at radius 2 is 2.05 bits per heavy atom. The number of fused-ring (bicyclic) bond motifs is 1. The first kappa shape index (κ1) is 12.4. The number of nitrogens with one attached hydrogen (secondary N) is 3. The molecule has 2 unspecified atom stereocenters. The van der Waals surface area contributed by atoms with Gasteiger partial charge in [0.2, 0.25) is 0 Å². The zero-order valence-corrected chi connectivity index (χ0v) is 11.4. The fraction of sp³-hybridized carbons (Fsp3) is 0.500. The van der Waals surface area contributed by atoms with E-state index in [1.165, 1.54) is 12.0 Å². The number of benzene rings is 1. The molecule has 1 saturated heterocycles. The Hall–Kier alpha value is -1.59. The first-order valence-electron chi connectivity index (χ1n) is 6.74. The van der Waals surface area contributed by atoms with Crippen LogP contribution in [-0.4, -0.2) is 42.1 Å². The van der Waals surface area contributed by atoms with Crippen LogP contribution >= 0.6 is 0 Å². The molecule has 2 aromatic rings. The number of hydrogen-bond acceptors (Lipinski definition) is 3. The van der Waals surface area contributed by atoms with Crippen LogP contribution in [0.5, 0.6) is 0 Å². The standard InChI is InChI=1S/C14H20N4O/c1-18(2)13(10-5-6-15-8-10)9-3-4-11-12(7-9)17-14(19)16-11/h3-4,7,10,13,15H,5-6,8H2,1-2H3,(H2,16,17,19). The number of imidazole rings is 1. The number of nitrogens with zero attached hydrogens (tertiary/aromatic N) is 1. The van der Waals surface area contributed by atoms with E-state index < -0.39 is 0 Å². The Balaban J connectivity index is 2.01. The lowest BCUT2D eigenvalue weighted by Crippen LogP contribution is -2.28. The first-order valence-corrected chi connectivity index (χ1v) is 6.74. The summed E-state index contributed by atoms with van der Waals surface area (Å²) in [4.78, 5) is 19.2. The first-order chi connectivity index (χ1) is 9.15. The monoisotopic (exact) mass is 260 g/mol. The van der Waals surface area contributed by atoms with Gasteiger partial charge in [-0.25, -0.2) is 4.79 Å². The average molecular weight is 260 g/mol. The van der Waals surface area contributed by atoms with Gasteiger partial charge in [0.05, 0.1) is 11.0 Å². The van der Waals surface area contributed by atoms with Crippen LogP contribution in [0.4, 0.5) is 0 Å². The smallest absolute Gasteiger partial charge is 0.316 e. The molecule has 1 fully saturated rings. The van der Waals surface area contributed by atoms with Gasteiger partial charge in [0.25, 0.3) is 0 Å². The van der Waals surface area contributed by atoms with E-state index in [0.717, 1.165) is 24.1 Å². The lowest BCUT2D eigenvalue weighted by atomic mass is 9.91. The molecule has 1 aromatic carbocycles. The number of hydrogen-bond donors (Lipinski definition) is 3. The van der Waals surface area contributed by atoms with Gasteiger partial charge < -0.3 is 20.2 Å². The third-order valence-electron chi connectivity index (χ3n) is 3.98. The zero-order chi connectivity index (χ0) is 13.4. The van der Waals surface area contributed by atoms with E-state index in [-0.39, 0.29) is 5.69 Å². The van der Waals surface area contributed by atoms with Gasteiger partial charge in [0.1, 0.15) is 0 Å². The molecule has 2 atom stereocenters. The molecule has 3 N–H and O–H groups in total. The second-order valence-corrected chi connectivity index (χ2v) is 5.55. The van der Waals surface area contributed by atoms with Gasteiger partial charge in [-0.15, -0.1) is 0 Å². The normalized spacial score (nSPS) is 21.3. The van der Waals surface area contributed by atoms with E-state index in [2.05, 4.69) is 46.4 Å². The minimum atomic E-state index is -0.143.